The zero-order valence-corrected chi connectivity index (χ0v) is 13.7. The zero-order chi connectivity index (χ0) is 15.1. The van der Waals surface area contributed by atoms with Crippen molar-refractivity contribution in [2.24, 2.45) is 5.92 Å². The van der Waals surface area contributed by atoms with Crippen molar-refractivity contribution in [3.8, 4) is 0 Å². The molecule has 22 heavy (non-hydrogen) atoms. The van der Waals surface area contributed by atoms with Crippen molar-refractivity contribution >= 4 is 24.2 Å². The van der Waals surface area contributed by atoms with Crippen LogP contribution in [0.1, 0.15) is 29.8 Å². The van der Waals surface area contributed by atoms with Gasteiger partial charge in [-0.15, -0.1) is 12.4 Å². The first-order valence-corrected chi connectivity index (χ1v) is 7.44. The summed E-state index contributed by atoms with van der Waals surface area (Å²) < 4.78 is 5.00. The van der Waals surface area contributed by atoms with Gasteiger partial charge in [0.05, 0.1) is 6.26 Å². The molecule has 1 aliphatic rings. The summed E-state index contributed by atoms with van der Waals surface area (Å²) in [4.78, 5) is 25.7. The Hall–Kier alpha value is -1.53. The first-order valence-electron chi connectivity index (χ1n) is 7.44. The molecule has 1 saturated heterocycles. The molecular weight excluding hydrogens is 306 g/mol. The van der Waals surface area contributed by atoms with Crippen LogP contribution in [0, 0.1) is 5.92 Å². The Bertz CT molecular complexity index is 463. The minimum absolute atomic E-state index is 0. The summed E-state index contributed by atoms with van der Waals surface area (Å²) in [6.07, 6.45) is 4.01. The summed E-state index contributed by atoms with van der Waals surface area (Å²) in [6, 6.07) is 3.26. The molecule has 2 heterocycles. The number of nitrogens with zero attached hydrogens (tertiary/aromatic N) is 1. The van der Waals surface area contributed by atoms with E-state index in [1.807, 2.05) is 11.9 Å². The van der Waals surface area contributed by atoms with E-state index in [9.17, 15) is 9.59 Å². The molecule has 124 valence electrons. The van der Waals surface area contributed by atoms with E-state index in [2.05, 4.69) is 10.6 Å². The second-order valence-electron chi connectivity index (χ2n) is 5.39. The highest BCUT2D eigenvalue weighted by Gasteiger charge is 2.22. The Labute approximate surface area is 137 Å². The average molecular weight is 330 g/mol. The lowest BCUT2D eigenvalue weighted by Crippen LogP contribution is -2.43. The molecule has 0 aliphatic carbocycles. The van der Waals surface area contributed by atoms with E-state index in [1.165, 1.54) is 12.7 Å². The van der Waals surface area contributed by atoms with Crippen LogP contribution >= 0.6 is 12.4 Å². The number of furan rings is 1. The number of halogens is 1. The van der Waals surface area contributed by atoms with Gasteiger partial charge in [0, 0.05) is 26.1 Å². The summed E-state index contributed by atoms with van der Waals surface area (Å²) in [7, 11) is 1.94. The third-order valence-corrected chi connectivity index (χ3v) is 3.73. The number of rotatable bonds is 6. The Morgan fingerprint density at radius 3 is 2.95 bits per heavy atom. The maximum absolute atomic E-state index is 12.1. The normalized spacial score (nSPS) is 17.7. The second kappa shape index (κ2) is 9.48. The fourth-order valence-electron chi connectivity index (χ4n) is 2.68. The zero-order valence-electron chi connectivity index (χ0n) is 12.8. The molecule has 1 aliphatic heterocycles. The molecule has 2 amide bonds. The molecule has 2 rings (SSSR count). The van der Waals surface area contributed by atoms with Gasteiger partial charge in [0.1, 0.15) is 0 Å². The largest absolute Gasteiger partial charge is 0.459 e. The van der Waals surface area contributed by atoms with Crippen molar-refractivity contribution in [2.45, 2.75) is 19.3 Å². The molecule has 0 saturated carbocycles. The van der Waals surface area contributed by atoms with Crippen LogP contribution in [0.5, 0.6) is 0 Å². The molecule has 1 fully saturated rings. The number of carbonyl (C=O) groups excluding carboxylic acids is 2. The van der Waals surface area contributed by atoms with E-state index in [4.69, 9.17) is 4.42 Å². The molecule has 7 heteroatoms. The highest BCUT2D eigenvalue weighted by atomic mass is 35.5. The topological polar surface area (TPSA) is 74.6 Å². The second-order valence-corrected chi connectivity index (χ2v) is 5.39. The van der Waals surface area contributed by atoms with E-state index in [0.717, 1.165) is 26.1 Å². The van der Waals surface area contributed by atoms with Gasteiger partial charge in [-0.2, -0.15) is 0 Å². The number of amides is 2. The molecular formula is C15H24ClN3O3. The minimum atomic E-state index is -0.278. The summed E-state index contributed by atoms with van der Waals surface area (Å²) in [5.74, 6) is 0.634. The molecule has 1 aromatic heterocycles. The molecule has 1 aromatic rings. The standard InChI is InChI=1S/C15H23N3O3.ClH/c1-16-10-12-4-2-8-18(11-12)14(19)6-7-17-15(20)13-5-3-9-21-13;/h3,5,9,12,16H,2,4,6-8,10-11H2,1H3,(H,17,20);1H. The van der Waals surface area contributed by atoms with Gasteiger partial charge >= 0.3 is 0 Å². The summed E-state index contributed by atoms with van der Waals surface area (Å²) >= 11 is 0. The van der Waals surface area contributed by atoms with Crippen molar-refractivity contribution in [1.82, 2.24) is 15.5 Å². The van der Waals surface area contributed by atoms with Crippen LogP contribution in [0.4, 0.5) is 0 Å². The van der Waals surface area contributed by atoms with Crippen LogP contribution in [-0.4, -0.2) is 49.9 Å². The van der Waals surface area contributed by atoms with Crippen LogP contribution < -0.4 is 10.6 Å². The van der Waals surface area contributed by atoms with E-state index in [-0.39, 0.29) is 30.0 Å². The number of piperidine rings is 1. The van der Waals surface area contributed by atoms with E-state index >= 15 is 0 Å². The van der Waals surface area contributed by atoms with Crippen molar-refractivity contribution in [3.63, 3.8) is 0 Å². The number of hydrogen-bond acceptors (Lipinski definition) is 4. The van der Waals surface area contributed by atoms with Gasteiger partial charge in [0.15, 0.2) is 5.76 Å². The number of hydrogen-bond donors (Lipinski definition) is 2. The van der Waals surface area contributed by atoms with Crippen LogP contribution in [0.25, 0.3) is 0 Å². The van der Waals surface area contributed by atoms with Crippen LogP contribution in [0.2, 0.25) is 0 Å². The predicted octanol–water partition coefficient (Wildman–Crippen LogP) is 1.28. The van der Waals surface area contributed by atoms with Gasteiger partial charge in [-0.3, -0.25) is 9.59 Å². The van der Waals surface area contributed by atoms with Gasteiger partial charge in [0.2, 0.25) is 5.91 Å². The van der Waals surface area contributed by atoms with Crippen LogP contribution in [0.15, 0.2) is 22.8 Å². The first-order chi connectivity index (χ1) is 10.2. The van der Waals surface area contributed by atoms with Gasteiger partial charge in [0.25, 0.3) is 5.91 Å². The molecule has 0 radical (unpaired) electrons. The molecule has 6 nitrogen and oxygen atoms in total. The maximum atomic E-state index is 12.1. The smallest absolute Gasteiger partial charge is 0.286 e. The lowest BCUT2D eigenvalue weighted by Gasteiger charge is -2.32. The monoisotopic (exact) mass is 329 g/mol. The number of likely N-dealkylation sites (tertiary alicyclic amines) is 1. The van der Waals surface area contributed by atoms with Gasteiger partial charge < -0.3 is 20.0 Å². The van der Waals surface area contributed by atoms with Gasteiger partial charge in [-0.1, -0.05) is 0 Å². The SMILES string of the molecule is CNCC1CCCN(C(=O)CCNC(=O)c2ccco2)C1.Cl. The molecule has 1 atom stereocenters. The minimum Gasteiger partial charge on any atom is -0.459 e. The Morgan fingerprint density at radius 2 is 2.27 bits per heavy atom. The Balaban J connectivity index is 0.00000242. The predicted molar refractivity (Wildman–Crippen MR) is 86.1 cm³/mol. The quantitative estimate of drug-likeness (QED) is 0.824. The molecule has 2 N–H and O–H groups in total. The molecule has 1 unspecified atom stereocenters. The van der Waals surface area contributed by atoms with Gasteiger partial charge in [-0.25, -0.2) is 0 Å². The Morgan fingerprint density at radius 1 is 1.45 bits per heavy atom. The molecule has 0 spiro atoms. The highest BCUT2D eigenvalue weighted by molar-refractivity contribution is 5.91. The fraction of sp³-hybridized carbons (Fsp3) is 0.600. The summed E-state index contributed by atoms with van der Waals surface area (Å²) in [5, 5.41) is 5.86. The van der Waals surface area contributed by atoms with Crippen LogP contribution in [-0.2, 0) is 4.79 Å². The summed E-state index contributed by atoms with van der Waals surface area (Å²) in [5.41, 5.74) is 0. The van der Waals surface area contributed by atoms with E-state index < -0.39 is 0 Å². The third kappa shape index (κ3) is 5.35. The van der Waals surface area contributed by atoms with Crippen molar-refractivity contribution in [2.75, 3.05) is 33.2 Å². The van der Waals surface area contributed by atoms with Gasteiger partial charge in [-0.05, 0) is 44.5 Å². The van der Waals surface area contributed by atoms with Crippen molar-refractivity contribution in [3.05, 3.63) is 24.2 Å². The first kappa shape index (κ1) is 18.5. The Kier molecular flexibility index (Phi) is 7.98. The van der Waals surface area contributed by atoms with E-state index in [0.29, 0.717) is 18.9 Å². The van der Waals surface area contributed by atoms with Crippen LogP contribution in [0.3, 0.4) is 0 Å². The van der Waals surface area contributed by atoms with Crippen molar-refractivity contribution in [1.29, 1.82) is 0 Å². The maximum Gasteiger partial charge on any atom is 0.286 e. The average Bonchev–Trinajstić information content (AvgIpc) is 3.02. The van der Waals surface area contributed by atoms with E-state index in [1.54, 1.807) is 12.1 Å². The molecule has 0 aromatic carbocycles. The summed E-state index contributed by atoms with van der Waals surface area (Å²) in [6.45, 7) is 2.92. The number of carbonyl (C=O) groups is 2. The molecule has 0 bridgehead atoms. The lowest BCUT2D eigenvalue weighted by atomic mass is 9.98. The lowest BCUT2D eigenvalue weighted by molar-refractivity contribution is -0.132. The van der Waals surface area contributed by atoms with Crippen molar-refractivity contribution < 1.29 is 14.0 Å². The highest BCUT2D eigenvalue weighted by Crippen LogP contribution is 2.16. The number of nitrogens with one attached hydrogen (secondary N) is 2. The fourth-order valence-corrected chi connectivity index (χ4v) is 2.68. The third-order valence-electron chi connectivity index (χ3n) is 3.73.